The predicted octanol–water partition coefficient (Wildman–Crippen LogP) is 3.18. The molecule has 2 aromatic rings. The Morgan fingerprint density at radius 1 is 1.13 bits per heavy atom. The van der Waals surface area contributed by atoms with Crippen LogP contribution < -0.4 is 11.5 Å². The van der Waals surface area contributed by atoms with Crippen molar-refractivity contribution in [3.63, 3.8) is 0 Å². The molecule has 118 valence electrons. The summed E-state index contributed by atoms with van der Waals surface area (Å²) < 4.78 is 0. The quantitative estimate of drug-likeness (QED) is 0.907. The van der Waals surface area contributed by atoms with Crippen LogP contribution in [0.4, 0.5) is 5.69 Å². The first-order valence-corrected chi connectivity index (χ1v) is 7.87. The van der Waals surface area contributed by atoms with Gasteiger partial charge >= 0.3 is 0 Å². The molecule has 4 N–H and O–H groups in total. The van der Waals surface area contributed by atoms with E-state index in [9.17, 15) is 0 Å². The Hall–Kier alpha value is -2.53. The molecule has 5 nitrogen and oxygen atoms in total. The molecule has 5 heteroatoms. The Morgan fingerprint density at radius 3 is 2.61 bits per heavy atom. The van der Waals surface area contributed by atoms with Crippen LogP contribution in [0, 0.1) is 0 Å². The fourth-order valence-corrected chi connectivity index (χ4v) is 2.73. The minimum Gasteiger partial charge on any atom is -0.387 e. The van der Waals surface area contributed by atoms with Gasteiger partial charge in [0.25, 0.3) is 0 Å². The maximum absolute atomic E-state index is 6.07. The molecule has 0 fully saturated rings. The Balaban J connectivity index is 2.00. The van der Waals surface area contributed by atoms with Crippen molar-refractivity contribution in [1.29, 1.82) is 0 Å². The van der Waals surface area contributed by atoms with Crippen LogP contribution in [0.2, 0.25) is 0 Å². The zero-order chi connectivity index (χ0) is 16.2. The van der Waals surface area contributed by atoms with Crippen molar-refractivity contribution in [3.05, 3.63) is 47.6 Å². The average molecular weight is 307 g/mol. The van der Waals surface area contributed by atoms with Crippen LogP contribution in [0.3, 0.4) is 0 Å². The third-order valence-corrected chi connectivity index (χ3v) is 3.85. The van der Waals surface area contributed by atoms with Crippen molar-refractivity contribution >= 4 is 17.6 Å². The highest BCUT2D eigenvalue weighted by molar-refractivity contribution is 5.90. The Kier molecular flexibility index (Phi) is 4.48. The van der Waals surface area contributed by atoms with Gasteiger partial charge in [-0.05, 0) is 18.1 Å². The van der Waals surface area contributed by atoms with Crippen LogP contribution in [0.1, 0.15) is 37.6 Å². The molecule has 1 aliphatic heterocycles. The number of nitrogens with zero attached hydrogens (tertiary/aromatic N) is 3. The number of rotatable bonds is 4. The third-order valence-electron chi connectivity index (χ3n) is 3.85. The van der Waals surface area contributed by atoms with E-state index in [1.54, 1.807) is 12.4 Å². The van der Waals surface area contributed by atoms with E-state index >= 15 is 0 Å². The summed E-state index contributed by atoms with van der Waals surface area (Å²) in [5.41, 5.74) is 16.9. The highest BCUT2D eigenvalue weighted by Crippen LogP contribution is 2.32. The van der Waals surface area contributed by atoms with Gasteiger partial charge < -0.3 is 11.5 Å². The van der Waals surface area contributed by atoms with Crippen molar-refractivity contribution < 1.29 is 0 Å². The van der Waals surface area contributed by atoms with Gasteiger partial charge in [-0.3, -0.25) is 0 Å². The summed E-state index contributed by atoms with van der Waals surface area (Å²) in [5, 5.41) is 0. The first-order chi connectivity index (χ1) is 11.2. The van der Waals surface area contributed by atoms with E-state index in [1.165, 1.54) is 5.57 Å². The third kappa shape index (κ3) is 3.46. The lowest BCUT2D eigenvalue weighted by atomic mass is 10.0. The van der Waals surface area contributed by atoms with E-state index in [-0.39, 0.29) is 0 Å². The number of hydrogen-bond acceptors (Lipinski definition) is 5. The number of amidine groups is 1. The zero-order valence-corrected chi connectivity index (χ0v) is 13.3. The SMILES string of the molecule is CCCC1=Cc2ccc(-c3cnc(CN)nc3)cc2N=C(N)C1. The lowest BCUT2D eigenvalue weighted by Gasteiger charge is -2.06. The van der Waals surface area contributed by atoms with Gasteiger partial charge in [-0.2, -0.15) is 0 Å². The number of aliphatic imine (C=N–C) groups is 1. The summed E-state index contributed by atoms with van der Waals surface area (Å²) in [4.78, 5) is 13.1. The molecule has 0 unspecified atom stereocenters. The number of nitrogens with two attached hydrogens (primary N) is 2. The highest BCUT2D eigenvalue weighted by atomic mass is 14.9. The summed E-state index contributed by atoms with van der Waals surface area (Å²) in [6.07, 6.45) is 8.69. The Morgan fingerprint density at radius 2 is 1.91 bits per heavy atom. The molecule has 0 spiro atoms. The van der Waals surface area contributed by atoms with E-state index in [0.717, 1.165) is 41.6 Å². The van der Waals surface area contributed by atoms with E-state index in [2.05, 4.69) is 40.1 Å². The lowest BCUT2D eigenvalue weighted by molar-refractivity contribution is 0.894. The highest BCUT2D eigenvalue weighted by Gasteiger charge is 2.11. The van der Waals surface area contributed by atoms with Crippen LogP contribution in [0.5, 0.6) is 0 Å². The normalized spacial score (nSPS) is 13.8. The van der Waals surface area contributed by atoms with Gasteiger partial charge in [0.2, 0.25) is 0 Å². The molecule has 0 saturated carbocycles. The van der Waals surface area contributed by atoms with E-state index < -0.39 is 0 Å². The van der Waals surface area contributed by atoms with Crippen molar-refractivity contribution in [3.8, 4) is 11.1 Å². The number of benzene rings is 1. The van der Waals surface area contributed by atoms with Crippen molar-refractivity contribution in [2.45, 2.75) is 32.7 Å². The van der Waals surface area contributed by atoms with Gasteiger partial charge in [0.15, 0.2) is 0 Å². The minimum atomic E-state index is 0.344. The number of aromatic nitrogens is 2. The van der Waals surface area contributed by atoms with Crippen molar-refractivity contribution in [1.82, 2.24) is 9.97 Å². The van der Waals surface area contributed by atoms with E-state index in [4.69, 9.17) is 11.5 Å². The summed E-state index contributed by atoms with van der Waals surface area (Å²) in [5.74, 6) is 1.30. The molecule has 0 amide bonds. The standard InChI is InChI=1S/C18H21N5/c1-2-3-12-6-14-5-4-13(8-16(14)23-17(20)7-12)15-10-21-18(9-19)22-11-15/h4-6,8,10-11H,2-3,7,9,19H2,1H3,(H2,20,23). The van der Waals surface area contributed by atoms with Gasteiger partial charge in [-0.25, -0.2) is 15.0 Å². The molecular formula is C18H21N5. The molecule has 2 heterocycles. The first-order valence-electron chi connectivity index (χ1n) is 7.87. The first kappa shape index (κ1) is 15.4. The predicted molar refractivity (Wildman–Crippen MR) is 94.1 cm³/mol. The van der Waals surface area contributed by atoms with E-state index in [0.29, 0.717) is 18.2 Å². The second kappa shape index (κ2) is 6.71. The molecule has 23 heavy (non-hydrogen) atoms. The smallest absolute Gasteiger partial charge is 0.141 e. The number of hydrogen-bond donors (Lipinski definition) is 2. The van der Waals surface area contributed by atoms with Crippen LogP contribution in [0.25, 0.3) is 17.2 Å². The molecule has 1 aromatic carbocycles. The van der Waals surface area contributed by atoms with Crippen molar-refractivity contribution in [2.75, 3.05) is 0 Å². The maximum Gasteiger partial charge on any atom is 0.141 e. The summed E-state index contributed by atoms with van der Waals surface area (Å²) in [7, 11) is 0. The molecule has 0 saturated heterocycles. The molecule has 0 bridgehead atoms. The molecule has 0 radical (unpaired) electrons. The summed E-state index contributed by atoms with van der Waals surface area (Å²) in [6.45, 7) is 2.52. The Bertz CT molecular complexity index is 759. The average Bonchev–Trinajstić information content (AvgIpc) is 2.72. The summed E-state index contributed by atoms with van der Waals surface area (Å²) in [6, 6.07) is 6.18. The molecule has 0 aliphatic carbocycles. The van der Waals surface area contributed by atoms with E-state index in [1.807, 2.05) is 6.07 Å². The molecule has 0 atom stereocenters. The molecule has 1 aliphatic rings. The fraction of sp³-hybridized carbons (Fsp3) is 0.278. The largest absolute Gasteiger partial charge is 0.387 e. The second-order valence-corrected chi connectivity index (χ2v) is 5.70. The second-order valence-electron chi connectivity index (χ2n) is 5.70. The maximum atomic E-state index is 6.07. The van der Waals surface area contributed by atoms with Gasteiger partial charge in [-0.1, -0.05) is 37.1 Å². The number of fused-ring (bicyclic) bond motifs is 1. The van der Waals surface area contributed by atoms with Crippen LogP contribution in [-0.4, -0.2) is 15.8 Å². The molecular weight excluding hydrogens is 286 g/mol. The molecule has 1 aromatic heterocycles. The minimum absolute atomic E-state index is 0.344. The Labute approximate surface area is 136 Å². The van der Waals surface area contributed by atoms with Gasteiger partial charge in [0, 0.05) is 29.9 Å². The topological polar surface area (TPSA) is 90.2 Å². The fourth-order valence-electron chi connectivity index (χ4n) is 2.73. The van der Waals surface area contributed by atoms with Gasteiger partial charge in [0.1, 0.15) is 11.7 Å². The monoisotopic (exact) mass is 307 g/mol. The van der Waals surface area contributed by atoms with Gasteiger partial charge in [-0.15, -0.1) is 0 Å². The van der Waals surface area contributed by atoms with Crippen molar-refractivity contribution in [2.24, 2.45) is 16.5 Å². The summed E-state index contributed by atoms with van der Waals surface area (Å²) >= 11 is 0. The molecule has 3 rings (SSSR count). The zero-order valence-electron chi connectivity index (χ0n) is 13.3. The van der Waals surface area contributed by atoms with Crippen LogP contribution >= 0.6 is 0 Å². The van der Waals surface area contributed by atoms with Crippen LogP contribution in [-0.2, 0) is 6.54 Å². The van der Waals surface area contributed by atoms with Crippen LogP contribution in [0.15, 0.2) is 41.2 Å². The van der Waals surface area contributed by atoms with Gasteiger partial charge in [0.05, 0.1) is 12.2 Å². The lowest BCUT2D eigenvalue weighted by Crippen LogP contribution is -2.11.